The molecule has 0 fully saturated rings. The van der Waals surface area contributed by atoms with Crippen molar-refractivity contribution in [3.63, 3.8) is 0 Å². The van der Waals surface area contributed by atoms with E-state index in [4.69, 9.17) is 11.0 Å². The third kappa shape index (κ3) is 2.46. The third-order valence-corrected chi connectivity index (χ3v) is 1.76. The second-order valence-corrected chi connectivity index (χ2v) is 3.26. The van der Waals surface area contributed by atoms with Crippen LogP contribution in [0.2, 0.25) is 0 Å². The summed E-state index contributed by atoms with van der Waals surface area (Å²) in [6.45, 7) is 0.765. The van der Waals surface area contributed by atoms with Crippen molar-refractivity contribution in [2.45, 2.75) is 6.54 Å². The Labute approximate surface area is 78.4 Å². The normalized spacial score (nSPS) is 10.0. The maximum Gasteiger partial charge on any atom is 0.0991 e. The minimum atomic E-state index is 0.658. The number of hydrogen-bond donors (Lipinski definition) is 1. The molecule has 0 unspecified atom stereocenters. The van der Waals surface area contributed by atoms with E-state index in [1.807, 2.05) is 25.1 Å². The van der Waals surface area contributed by atoms with Gasteiger partial charge in [-0.3, -0.25) is 0 Å². The van der Waals surface area contributed by atoms with Crippen molar-refractivity contribution in [3.05, 3.63) is 29.3 Å². The molecule has 0 heterocycles. The molecular formula is C10H13N3. The smallest absolute Gasteiger partial charge is 0.0991 e. The predicted octanol–water partition coefficient (Wildman–Crippen LogP) is 1.20. The van der Waals surface area contributed by atoms with Crippen LogP contribution in [0.5, 0.6) is 0 Å². The van der Waals surface area contributed by atoms with Gasteiger partial charge in [-0.2, -0.15) is 5.26 Å². The van der Waals surface area contributed by atoms with E-state index in [9.17, 15) is 0 Å². The summed E-state index contributed by atoms with van der Waals surface area (Å²) in [5.41, 5.74) is 8.16. The zero-order valence-corrected chi connectivity index (χ0v) is 7.91. The quantitative estimate of drug-likeness (QED) is 0.687. The summed E-state index contributed by atoms with van der Waals surface area (Å²) < 4.78 is 0. The summed E-state index contributed by atoms with van der Waals surface area (Å²) in [4.78, 5) is 2.02. The van der Waals surface area contributed by atoms with Crippen LogP contribution in [-0.4, -0.2) is 19.0 Å². The van der Waals surface area contributed by atoms with Crippen LogP contribution in [0, 0.1) is 11.3 Å². The van der Waals surface area contributed by atoms with E-state index in [1.54, 1.807) is 12.1 Å². The number of anilines is 1. The highest BCUT2D eigenvalue weighted by Crippen LogP contribution is 2.14. The Bertz CT molecular complexity index is 337. The summed E-state index contributed by atoms with van der Waals surface area (Å²) in [6, 6.07) is 7.43. The molecule has 0 atom stereocenters. The molecule has 3 heteroatoms. The van der Waals surface area contributed by atoms with Gasteiger partial charge in [-0.05, 0) is 37.9 Å². The van der Waals surface area contributed by atoms with Crippen molar-refractivity contribution in [1.82, 2.24) is 4.90 Å². The first kappa shape index (κ1) is 9.56. The molecule has 0 saturated heterocycles. The van der Waals surface area contributed by atoms with E-state index in [0.717, 1.165) is 17.8 Å². The molecule has 0 radical (unpaired) electrons. The fourth-order valence-corrected chi connectivity index (χ4v) is 1.15. The van der Waals surface area contributed by atoms with Gasteiger partial charge in [0, 0.05) is 12.2 Å². The van der Waals surface area contributed by atoms with Crippen molar-refractivity contribution in [2.75, 3.05) is 19.8 Å². The monoisotopic (exact) mass is 175 g/mol. The maximum atomic E-state index is 8.68. The highest BCUT2D eigenvalue weighted by molar-refractivity contribution is 5.51. The Morgan fingerprint density at radius 3 is 2.69 bits per heavy atom. The SMILES string of the molecule is CN(C)Cc1cc(C#N)ccc1N. The van der Waals surface area contributed by atoms with E-state index in [1.165, 1.54) is 0 Å². The van der Waals surface area contributed by atoms with Crippen molar-refractivity contribution in [1.29, 1.82) is 5.26 Å². The highest BCUT2D eigenvalue weighted by atomic mass is 15.0. The average molecular weight is 175 g/mol. The van der Waals surface area contributed by atoms with Gasteiger partial charge in [0.15, 0.2) is 0 Å². The number of nitrogens with zero attached hydrogens (tertiary/aromatic N) is 2. The lowest BCUT2D eigenvalue weighted by atomic mass is 10.1. The van der Waals surface area contributed by atoms with Crippen molar-refractivity contribution < 1.29 is 0 Å². The van der Waals surface area contributed by atoms with Crippen LogP contribution in [-0.2, 0) is 6.54 Å². The molecule has 3 nitrogen and oxygen atoms in total. The largest absolute Gasteiger partial charge is 0.398 e. The minimum Gasteiger partial charge on any atom is -0.398 e. The summed E-state index contributed by atoms with van der Waals surface area (Å²) in [5.74, 6) is 0. The Kier molecular flexibility index (Phi) is 2.88. The van der Waals surface area contributed by atoms with Gasteiger partial charge in [0.2, 0.25) is 0 Å². The van der Waals surface area contributed by atoms with Crippen LogP contribution >= 0.6 is 0 Å². The molecular weight excluding hydrogens is 162 g/mol. The molecule has 0 aromatic heterocycles. The van der Waals surface area contributed by atoms with Crippen molar-refractivity contribution >= 4 is 5.69 Å². The molecule has 0 saturated carbocycles. The molecule has 0 amide bonds. The summed E-state index contributed by atoms with van der Waals surface area (Å²) >= 11 is 0. The number of nitrogens with two attached hydrogens (primary N) is 1. The first-order valence-corrected chi connectivity index (χ1v) is 4.06. The Morgan fingerprint density at radius 2 is 2.15 bits per heavy atom. The predicted molar refractivity (Wildman–Crippen MR) is 53.0 cm³/mol. The molecule has 0 spiro atoms. The number of hydrogen-bond acceptors (Lipinski definition) is 3. The van der Waals surface area contributed by atoms with E-state index in [-0.39, 0.29) is 0 Å². The molecule has 2 N–H and O–H groups in total. The van der Waals surface area contributed by atoms with Crippen LogP contribution < -0.4 is 5.73 Å². The second-order valence-electron chi connectivity index (χ2n) is 3.26. The minimum absolute atomic E-state index is 0.658. The molecule has 68 valence electrons. The van der Waals surface area contributed by atoms with Crippen LogP contribution in [0.25, 0.3) is 0 Å². The summed E-state index contributed by atoms with van der Waals surface area (Å²) in [5, 5.41) is 8.68. The zero-order valence-electron chi connectivity index (χ0n) is 7.91. The van der Waals surface area contributed by atoms with Gasteiger partial charge in [0.25, 0.3) is 0 Å². The first-order valence-electron chi connectivity index (χ1n) is 4.06. The molecule has 1 aromatic carbocycles. The highest BCUT2D eigenvalue weighted by Gasteiger charge is 2.01. The lowest BCUT2D eigenvalue weighted by Gasteiger charge is -2.11. The van der Waals surface area contributed by atoms with Crippen LogP contribution in [0.1, 0.15) is 11.1 Å². The van der Waals surface area contributed by atoms with Gasteiger partial charge >= 0.3 is 0 Å². The molecule has 1 rings (SSSR count). The number of nitrogen functional groups attached to an aromatic ring is 1. The summed E-state index contributed by atoms with van der Waals surface area (Å²) in [7, 11) is 3.94. The molecule has 0 aliphatic rings. The van der Waals surface area contributed by atoms with Crippen LogP contribution in [0.4, 0.5) is 5.69 Å². The zero-order chi connectivity index (χ0) is 9.84. The maximum absolute atomic E-state index is 8.68. The topological polar surface area (TPSA) is 53.0 Å². The van der Waals surface area contributed by atoms with Gasteiger partial charge in [0.1, 0.15) is 0 Å². The number of rotatable bonds is 2. The fourth-order valence-electron chi connectivity index (χ4n) is 1.15. The van der Waals surface area contributed by atoms with Gasteiger partial charge in [-0.25, -0.2) is 0 Å². The Balaban J connectivity index is 2.99. The number of benzene rings is 1. The molecule has 1 aromatic rings. The van der Waals surface area contributed by atoms with E-state index in [0.29, 0.717) is 5.56 Å². The molecule has 0 aliphatic heterocycles. The van der Waals surface area contributed by atoms with Gasteiger partial charge < -0.3 is 10.6 Å². The molecule has 0 aliphatic carbocycles. The average Bonchev–Trinajstić information content (AvgIpc) is 2.08. The molecule has 13 heavy (non-hydrogen) atoms. The van der Waals surface area contributed by atoms with E-state index in [2.05, 4.69) is 6.07 Å². The van der Waals surface area contributed by atoms with Crippen molar-refractivity contribution in [2.24, 2.45) is 0 Å². The van der Waals surface area contributed by atoms with Crippen molar-refractivity contribution in [3.8, 4) is 6.07 Å². The van der Waals surface area contributed by atoms with E-state index >= 15 is 0 Å². The summed E-state index contributed by atoms with van der Waals surface area (Å²) in [6.07, 6.45) is 0. The lowest BCUT2D eigenvalue weighted by molar-refractivity contribution is 0.403. The van der Waals surface area contributed by atoms with Gasteiger partial charge in [0.05, 0.1) is 11.6 Å². The number of nitriles is 1. The third-order valence-electron chi connectivity index (χ3n) is 1.76. The van der Waals surface area contributed by atoms with Gasteiger partial charge in [-0.15, -0.1) is 0 Å². The second kappa shape index (κ2) is 3.92. The van der Waals surface area contributed by atoms with E-state index < -0.39 is 0 Å². The Morgan fingerprint density at radius 1 is 1.46 bits per heavy atom. The fraction of sp³-hybridized carbons (Fsp3) is 0.300. The van der Waals surface area contributed by atoms with Crippen LogP contribution in [0.3, 0.4) is 0 Å². The Hall–Kier alpha value is -1.53. The lowest BCUT2D eigenvalue weighted by Crippen LogP contribution is -2.12. The van der Waals surface area contributed by atoms with Gasteiger partial charge in [-0.1, -0.05) is 0 Å². The molecule has 0 bridgehead atoms. The standard InChI is InChI=1S/C10H13N3/c1-13(2)7-9-5-8(6-11)3-4-10(9)12/h3-5H,7,12H2,1-2H3. The first-order chi connectivity index (χ1) is 6.13. The van der Waals surface area contributed by atoms with Crippen LogP contribution in [0.15, 0.2) is 18.2 Å².